The van der Waals surface area contributed by atoms with Crippen LogP contribution in [0.3, 0.4) is 0 Å². The fourth-order valence-corrected chi connectivity index (χ4v) is 5.19. The van der Waals surface area contributed by atoms with Crippen molar-refractivity contribution < 1.29 is 14.0 Å². The minimum atomic E-state index is -0.00790. The van der Waals surface area contributed by atoms with Crippen molar-refractivity contribution in [3.05, 3.63) is 107 Å². The molecule has 1 N–H and O–H groups in total. The number of hydrogen-bond donors (Lipinski definition) is 1. The highest BCUT2D eigenvalue weighted by Crippen LogP contribution is 2.26. The van der Waals surface area contributed by atoms with Gasteiger partial charge < -0.3 is 14.6 Å². The molecule has 0 unspecified atom stereocenters. The molecule has 0 saturated carbocycles. The van der Waals surface area contributed by atoms with Crippen molar-refractivity contribution in [1.29, 1.82) is 0 Å². The summed E-state index contributed by atoms with van der Waals surface area (Å²) in [7, 11) is 0. The van der Waals surface area contributed by atoms with Crippen LogP contribution in [0.2, 0.25) is 0 Å². The maximum atomic E-state index is 13.2. The van der Waals surface area contributed by atoms with Crippen molar-refractivity contribution >= 4 is 23.6 Å². The highest BCUT2D eigenvalue weighted by molar-refractivity contribution is 8.00. The second-order valence-corrected chi connectivity index (χ2v) is 9.78. The van der Waals surface area contributed by atoms with E-state index in [1.165, 1.54) is 17.3 Å². The number of benzene rings is 2. The summed E-state index contributed by atoms with van der Waals surface area (Å²) < 4.78 is 5.43. The molecule has 7 heteroatoms. The smallest absolute Gasteiger partial charge is 0.254 e. The summed E-state index contributed by atoms with van der Waals surface area (Å²) in [5.41, 5.74) is 5.79. The first-order valence-corrected chi connectivity index (χ1v) is 12.9. The summed E-state index contributed by atoms with van der Waals surface area (Å²) in [5, 5.41) is 3.05. The van der Waals surface area contributed by atoms with Crippen LogP contribution in [0, 0.1) is 6.92 Å². The van der Waals surface area contributed by atoms with Gasteiger partial charge in [0, 0.05) is 47.5 Å². The number of nitrogens with zero attached hydrogens (tertiary/aromatic N) is 2. The summed E-state index contributed by atoms with van der Waals surface area (Å²) in [5.74, 6) is 1.14. The Hall–Kier alpha value is -3.84. The van der Waals surface area contributed by atoms with E-state index in [9.17, 15) is 9.59 Å². The highest BCUT2D eigenvalue weighted by atomic mass is 32.2. The Balaban J connectivity index is 1.22. The number of carbonyl (C=O) groups excluding carboxylic acids is 2. The molecule has 4 aromatic rings. The van der Waals surface area contributed by atoms with E-state index in [1.807, 2.05) is 84.8 Å². The molecule has 36 heavy (non-hydrogen) atoms. The number of rotatable bonds is 7. The number of furan rings is 1. The van der Waals surface area contributed by atoms with Crippen molar-refractivity contribution in [2.45, 2.75) is 31.3 Å². The lowest BCUT2D eigenvalue weighted by Gasteiger charge is -2.30. The molecular formula is C29H27N3O3S. The van der Waals surface area contributed by atoms with Crippen LogP contribution in [0.5, 0.6) is 0 Å². The first kappa shape index (κ1) is 23.9. The zero-order chi connectivity index (χ0) is 24.9. The third-order valence-electron chi connectivity index (χ3n) is 6.40. The third-order valence-corrected chi connectivity index (χ3v) is 7.41. The van der Waals surface area contributed by atoms with Crippen molar-refractivity contribution in [2.75, 3.05) is 12.3 Å². The van der Waals surface area contributed by atoms with Gasteiger partial charge in [-0.2, -0.15) is 0 Å². The number of amides is 2. The summed E-state index contributed by atoms with van der Waals surface area (Å²) in [6.45, 7) is 3.54. The second-order valence-electron chi connectivity index (χ2n) is 8.74. The van der Waals surface area contributed by atoms with Crippen LogP contribution in [0.25, 0.3) is 11.3 Å². The Morgan fingerprint density at radius 3 is 2.61 bits per heavy atom. The number of fused-ring (bicyclic) bond motifs is 1. The van der Waals surface area contributed by atoms with E-state index in [-0.39, 0.29) is 11.8 Å². The van der Waals surface area contributed by atoms with E-state index in [4.69, 9.17) is 4.42 Å². The number of carbonyl (C=O) groups is 2. The molecule has 3 heterocycles. The zero-order valence-electron chi connectivity index (χ0n) is 20.1. The minimum absolute atomic E-state index is 0.00000874. The molecule has 2 amide bonds. The van der Waals surface area contributed by atoms with Crippen molar-refractivity contribution in [3.63, 3.8) is 0 Å². The number of thioether (sulfide) groups is 1. The molecule has 0 aliphatic carbocycles. The molecule has 2 aromatic carbocycles. The maximum Gasteiger partial charge on any atom is 0.254 e. The Morgan fingerprint density at radius 1 is 1.06 bits per heavy atom. The second kappa shape index (κ2) is 10.8. The Bertz CT molecular complexity index is 1350. The fourth-order valence-electron chi connectivity index (χ4n) is 4.44. The lowest BCUT2D eigenvalue weighted by Crippen LogP contribution is -2.37. The highest BCUT2D eigenvalue weighted by Gasteiger charge is 2.25. The van der Waals surface area contributed by atoms with Gasteiger partial charge in [0.25, 0.3) is 5.91 Å². The van der Waals surface area contributed by atoms with Crippen LogP contribution >= 0.6 is 11.8 Å². The van der Waals surface area contributed by atoms with Crippen molar-refractivity contribution in [2.24, 2.45) is 0 Å². The first-order valence-electron chi connectivity index (χ1n) is 11.9. The van der Waals surface area contributed by atoms with Crippen LogP contribution in [0.4, 0.5) is 0 Å². The quantitative estimate of drug-likeness (QED) is 0.353. The van der Waals surface area contributed by atoms with Crippen LogP contribution < -0.4 is 5.32 Å². The average Bonchev–Trinajstić information content (AvgIpc) is 3.46. The first-order chi connectivity index (χ1) is 17.6. The summed E-state index contributed by atoms with van der Waals surface area (Å²) in [4.78, 5) is 33.1. The van der Waals surface area contributed by atoms with Gasteiger partial charge in [0.15, 0.2) is 0 Å². The number of hydrogen-bond acceptors (Lipinski definition) is 5. The number of aromatic nitrogens is 1. The van der Waals surface area contributed by atoms with Gasteiger partial charge in [-0.3, -0.25) is 14.6 Å². The van der Waals surface area contributed by atoms with Crippen molar-refractivity contribution in [1.82, 2.24) is 15.2 Å². The maximum absolute atomic E-state index is 13.2. The van der Waals surface area contributed by atoms with Gasteiger partial charge in [0.2, 0.25) is 5.91 Å². The lowest BCUT2D eigenvalue weighted by atomic mass is 9.94. The fraction of sp³-hybridized carbons (Fsp3) is 0.207. The molecule has 1 aliphatic rings. The normalized spacial score (nSPS) is 12.8. The minimum Gasteiger partial charge on any atom is -0.464 e. The third kappa shape index (κ3) is 5.36. The van der Waals surface area contributed by atoms with E-state index in [1.54, 1.807) is 6.26 Å². The number of pyridine rings is 1. The molecule has 0 spiro atoms. The van der Waals surface area contributed by atoms with E-state index >= 15 is 0 Å². The molecule has 0 radical (unpaired) electrons. The topological polar surface area (TPSA) is 75.4 Å². The predicted molar refractivity (Wildman–Crippen MR) is 141 cm³/mol. The van der Waals surface area contributed by atoms with Gasteiger partial charge in [0.05, 0.1) is 12.0 Å². The van der Waals surface area contributed by atoms with Gasteiger partial charge in [-0.1, -0.05) is 30.3 Å². The van der Waals surface area contributed by atoms with E-state index < -0.39 is 0 Å². The molecule has 1 aliphatic heterocycles. The number of nitrogens with one attached hydrogen (secondary N) is 1. The predicted octanol–water partition coefficient (Wildman–Crippen LogP) is 5.26. The van der Waals surface area contributed by atoms with Crippen LogP contribution in [-0.4, -0.2) is 34.0 Å². The standard InChI is InChI=1S/C29H27N3O3S/c1-20-26(17-31-28(33)19-36-24-6-3-2-4-7-24)25-13-14-32(18-23(25)16-30-20)29(34)22-11-9-21(10-12-22)27-8-5-15-35-27/h2-12,15-16H,13-14,17-19H2,1H3,(H,31,33). The number of aryl methyl sites for hydroxylation is 1. The van der Waals surface area contributed by atoms with Gasteiger partial charge >= 0.3 is 0 Å². The van der Waals surface area contributed by atoms with E-state index in [0.717, 1.165) is 39.5 Å². The largest absolute Gasteiger partial charge is 0.464 e. The van der Waals surface area contributed by atoms with E-state index in [0.29, 0.717) is 31.0 Å². The Morgan fingerprint density at radius 2 is 1.86 bits per heavy atom. The van der Waals surface area contributed by atoms with E-state index in [2.05, 4.69) is 10.3 Å². The van der Waals surface area contributed by atoms with Crippen LogP contribution in [-0.2, 0) is 24.3 Å². The monoisotopic (exact) mass is 497 g/mol. The van der Waals surface area contributed by atoms with Crippen LogP contribution in [0.1, 0.15) is 32.7 Å². The van der Waals surface area contributed by atoms with Crippen molar-refractivity contribution in [3.8, 4) is 11.3 Å². The average molecular weight is 498 g/mol. The summed E-state index contributed by atoms with van der Waals surface area (Å²) >= 11 is 1.52. The molecule has 0 fully saturated rings. The molecule has 0 saturated heterocycles. The Labute approximate surface area is 214 Å². The molecule has 0 bridgehead atoms. The Kier molecular flexibility index (Phi) is 7.18. The lowest BCUT2D eigenvalue weighted by molar-refractivity contribution is -0.118. The molecule has 182 valence electrons. The van der Waals surface area contributed by atoms with Crippen LogP contribution in [0.15, 0.2) is 88.5 Å². The molecule has 6 nitrogen and oxygen atoms in total. The molecule has 2 aromatic heterocycles. The molecule has 0 atom stereocenters. The van der Waals surface area contributed by atoms with Gasteiger partial charge in [-0.15, -0.1) is 11.8 Å². The van der Waals surface area contributed by atoms with Gasteiger partial charge in [-0.25, -0.2) is 0 Å². The molecule has 5 rings (SSSR count). The summed E-state index contributed by atoms with van der Waals surface area (Å²) in [6, 6.07) is 21.2. The zero-order valence-corrected chi connectivity index (χ0v) is 20.9. The molecular weight excluding hydrogens is 470 g/mol. The SMILES string of the molecule is Cc1ncc2c(c1CNC(=O)CSc1ccccc1)CCN(C(=O)c1ccc(-c3ccco3)cc1)C2. The van der Waals surface area contributed by atoms with Gasteiger partial charge in [0.1, 0.15) is 5.76 Å². The van der Waals surface area contributed by atoms with Gasteiger partial charge in [-0.05, 0) is 66.4 Å². The summed E-state index contributed by atoms with van der Waals surface area (Å²) in [6.07, 6.45) is 4.23.